The number of carbonyl (C=O) groups excluding carboxylic acids is 2. The normalized spacial score (nSPS) is 29.9. The molecule has 4 aliphatic heterocycles. The van der Waals surface area contributed by atoms with Crippen molar-refractivity contribution < 1.29 is 29.7 Å². The average Bonchev–Trinajstić information content (AvgIpc) is 3.71. The van der Waals surface area contributed by atoms with Crippen molar-refractivity contribution in [2.45, 2.75) is 121 Å². The number of anilines is 3. The fourth-order valence-electron chi connectivity index (χ4n) is 11.2. The number of fused-ring (bicyclic) bond motifs is 2. The van der Waals surface area contributed by atoms with Crippen LogP contribution in [0.5, 0.6) is 5.75 Å². The fraction of sp³-hybridized carbons (Fsp3) is 0.614. The number of phenols is 1. The number of amides is 2. The Kier molecular flexibility index (Phi) is 10.4. The molecule has 2 aromatic heterocycles. The van der Waals surface area contributed by atoms with E-state index in [0.29, 0.717) is 29.0 Å². The monoisotopic (exact) mass is 822 g/mol. The molecule has 1 spiro atoms. The molecule has 6 fully saturated rings. The molecule has 6 aliphatic rings. The number of piperidine rings is 1. The second-order valence-corrected chi connectivity index (χ2v) is 19.6. The Bertz CT molecular complexity index is 2090. The molecular formula is C44H58N10O6. The number of aromatic nitrogens is 4. The lowest BCUT2D eigenvalue weighted by atomic mass is 9.49. The van der Waals surface area contributed by atoms with Crippen LogP contribution in [-0.4, -0.2) is 132 Å². The smallest absolute Gasteiger partial charge is 0.326 e. The van der Waals surface area contributed by atoms with E-state index in [9.17, 15) is 29.7 Å². The maximum absolute atomic E-state index is 13.6. The number of carbonyl (C=O) groups is 3. The number of piperazine rings is 1. The number of nitrogens with one attached hydrogen (secondary N) is 1. The maximum atomic E-state index is 13.6. The summed E-state index contributed by atoms with van der Waals surface area (Å²) in [7, 11) is 0. The molecule has 0 radical (unpaired) electrons. The van der Waals surface area contributed by atoms with E-state index in [-0.39, 0.29) is 48.0 Å². The van der Waals surface area contributed by atoms with E-state index in [2.05, 4.69) is 30.2 Å². The van der Waals surface area contributed by atoms with Crippen LogP contribution >= 0.6 is 0 Å². The number of nitrogen functional groups attached to an aromatic ring is 1. The summed E-state index contributed by atoms with van der Waals surface area (Å²) in [6, 6.07) is 8.10. The Balaban J connectivity index is 0.742. The quantitative estimate of drug-likeness (QED) is 0.209. The van der Waals surface area contributed by atoms with E-state index < -0.39 is 35.5 Å². The third-order valence-electron chi connectivity index (χ3n) is 14.5. The molecule has 16 nitrogen and oxygen atoms in total. The van der Waals surface area contributed by atoms with Crippen LogP contribution < -0.4 is 20.9 Å². The van der Waals surface area contributed by atoms with E-state index >= 15 is 0 Å². The van der Waals surface area contributed by atoms with Gasteiger partial charge < -0.3 is 46.0 Å². The molecule has 2 unspecified atom stereocenters. The molecule has 2 aliphatic carbocycles. The number of hydrogen-bond donors (Lipinski definition) is 5. The van der Waals surface area contributed by atoms with Crippen molar-refractivity contribution >= 4 is 35.2 Å². The minimum Gasteiger partial charge on any atom is -0.507 e. The summed E-state index contributed by atoms with van der Waals surface area (Å²) in [5.41, 5.74) is 9.15. The molecule has 2 saturated carbocycles. The SMILES string of the molecule is CC(C)(C)[C@H](NC(=O)C1CC2(C1)CC(N1CCC(c3cnc(N4C5CCC4CN(c4cc(-c6ccccc6O)nnc4N)C5)nc3)CC1)C2)C(=O)N1C[C@H](O)C[C@H]1C(=O)O. The minimum absolute atomic E-state index is 0.00654. The van der Waals surface area contributed by atoms with Crippen molar-refractivity contribution in [2.75, 3.05) is 48.3 Å². The number of carboxylic acids is 1. The number of nitrogens with two attached hydrogens (primary N) is 1. The Labute approximate surface area is 350 Å². The van der Waals surface area contributed by atoms with Crippen molar-refractivity contribution in [3.8, 4) is 17.0 Å². The number of rotatable bonds is 9. The van der Waals surface area contributed by atoms with E-state index in [1.54, 1.807) is 12.1 Å². The Morgan fingerprint density at radius 2 is 1.58 bits per heavy atom. The summed E-state index contributed by atoms with van der Waals surface area (Å²) in [5, 5.41) is 41.7. The van der Waals surface area contributed by atoms with Gasteiger partial charge in [0.25, 0.3) is 0 Å². The van der Waals surface area contributed by atoms with Gasteiger partial charge in [0.15, 0.2) is 5.82 Å². The molecule has 3 aromatic rings. The third kappa shape index (κ3) is 7.50. The van der Waals surface area contributed by atoms with Crippen molar-refractivity contribution in [2.24, 2.45) is 16.7 Å². The van der Waals surface area contributed by atoms with Gasteiger partial charge in [-0.25, -0.2) is 14.8 Å². The zero-order valence-corrected chi connectivity index (χ0v) is 34.8. The number of para-hydroxylation sites is 1. The number of aliphatic hydroxyl groups excluding tert-OH is 1. The molecule has 4 saturated heterocycles. The molecule has 5 atom stereocenters. The average molecular weight is 823 g/mol. The number of phenolic OH excluding ortho intramolecular Hbond substituents is 1. The Morgan fingerprint density at radius 1 is 0.917 bits per heavy atom. The maximum Gasteiger partial charge on any atom is 0.326 e. The number of β-amino-alcohol motifs (C(OH)–C–C–N with tert-alkyl or cyclic N) is 1. The van der Waals surface area contributed by atoms with E-state index in [4.69, 9.17) is 15.7 Å². The van der Waals surface area contributed by atoms with Gasteiger partial charge in [0, 0.05) is 68.1 Å². The lowest BCUT2D eigenvalue weighted by molar-refractivity contribution is -0.153. The first-order chi connectivity index (χ1) is 28.7. The number of aliphatic carboxylic acids is 1. The summed E-state index contributed by atoms with van der Waals surface area (Å²) >= 11 is 0. The molecule has 6 N–H and O–H groups in total. The van der Waals surface area contributed by atoms with E-state index in [0.717, 1.165) is 89.2 Å². The highest BCUT2D eigenvalue weighted by atomic mass is 16.4. The van der Waals surface area contributed by atoms with Gasteiger partial charge in [0.1, 0.15) is 17.8 Å². The number of hydrogen-bond acceptors (Lipinski definition) is 13. The highest BCUT2D eigenvalue weighted by molar-refractivity contribution is 5.92. The number of aromatic hydroxyl groups is 1. The number of carboxylic acid groups (broad SMARTS) is 1. The van der Waals surface area contributed by atoms with Crippen LogP contribution in [-0.2, 0) is 14.4 Å². The molecule has 1 aromatic carbocycles. The number of benzene rings is 1. The molecule has 320 valence electrons. The van der Waals surface area contributed by atoms with Crippen molar-refractivity contribution in [1.29, 1.82) is 0 Å². The topological polar surface area (TPSA) is 214 Å². The molecule has 16 heteroatoms. The summed E-state index contributed by atoms with van der Waals surface area (Å²) < 4.78 is 0. The van der Waals surface area contributed by atoms with Crippen LogP contribution in [0.4, 0.5) is 17.5 Å². The number of nitrogens with zero attached hydrogens (tertiary/aromatic N) is 8. The first-order valence-corrected chi connectivity index (χ1v) is 21.7. The molecular weight excluding hydrogens is 765 g/mol. The van der Waals surface area contributed by atoms with E-state index in [1.807, 2.05) is 51.4 Å². The Hall–Kier alpha value is -5.09. The second kappa shape index (κ2) is 15.4. The van der Waals surface area contributed by atoms with Crippen LogP contribution in [0.3, 0.4) is 0 Å². The van der Waals surface area contributed by atoms with Gasteiger partial charge in [-0.3, -0.25) is 9.59 Å². The number of likely N-dealkylation sites (tertiary alicyclic amines) is 2. The lowest BCUT2D eigenvalue weighted by Crippen LogP contribution is -2.62. The first kappa shape index (κ1) is 40.3. The molecule has 2 amide bonds. The predicted molar refractivity (Wildman–Crippen MR) is 224 cm³/mol. The number of aliphatic hydroxyl groups is 1. The lowest BCUT2D eigenvalue weighted by Gasteiger charge is -2.60. The summed E-state index contributed by atoms with van der Waals surface area (Å²) in [6.45, 7) is 9.15. The van der Waals surface area contributed by atoms with E-state index in [1.165, 1.54) is 10.5 Å². The van der Waals surface area contributed by atoms with Crippen LogP contribution in [0.2, 0.25) is 0 Å². The van der Waals surface area contributed by atoms with Gasteiger partial charge in [-0.05, 0) is 105 Å². The van der Waals surface area contributed by atoms with Crippen LogP contribution in [0.25, 0.3) is 11.3 Å². The summed E-state index contributed by atoms with van der Waals surface area (Å²) in [4.78, 5) is 57.2. The predicted octanol–water partition coefficient (Wildman–Crippen LogP) is 3.39. The third-order valence-corrected chi connectivity index (χ3v) is 14.5. The zero-order chi connectivity index (χ0) is 42.1. The largest absolute Gasteiger partial charge is 0.507 e. The summed E-state index contributed by atoms with van der Waals surface area (Å²) in [5.74, 6) is -0.146. The Morgan fingerprint density at radius 3 is 2.22 bits per heavy atom. The van der Waals surface area contributed by atoms with Crippen molar-refractivity contribution in [3.05, 3.63) is 48.3 Å². The van der Waals surface area contributed by atoms with Crippen LogP contribution in [0.1, 0.15) is 90.0 Å². The van der Waals surface area contributed by atoms with Crippen molar-refractivity contribution in [1.82, 2.24) is 35.3 Å². The minimum atomic E-state index is -1.14. The van der Waals surface area contributed by atoms with Crippen molar-refractivity contribution in [3.63, 3.8) is 0 Å². The van der Waals surface area contributed by atoms with Crippen LogP contribution in [0.15, 0.2) is 42.7 Å². The zero-order valence-electron chi connectivity index (χ0n) is 34.8. The van der Waals surface area contributed by atoms with Gasteiger partial charge in [0.2, 0.25) is 17.8 Å². The van der Waals surface area contributed by atoms with Gasteiger partial charge in [0.05, 0.1) is 17.5 Å². The highest BCUT2D eigenvalue weighted by Crippen LogP contribution is 2.60. The first-order valence-electron chi connectivity index (χ1n) is 21.7. The molecule has 9 rings (SSSR count). The van der Waals surface area contributed by atoms with Gasteiger partial charge >= 0.3 is 5.97 Å². The molecule has 6 heterocycles. The van der Waals surface area contributed by atoms with Crippen LogP contribution in [0, 0.1) is 16.7 Å². The van der Waals surface area contributed by atoms with Gasteiger partial charge in [-0.1, -0.05) is 32.9 Å². The van der Waals surface area contributed by atoms with Gasteiger partial charge in [-0.2, -0.15) is 0 Å². The standard InChI is InChI=1S/C44H58N10O6/c1-43(2,3)37(40(58)53-24-31(55)14-35(53)41(59)60)48-39(57)26-16-44(17-26)18-30(19-44)51-12-10-25(11-13-51)27-20-46-42(47-21-27)54-28-8-9-29(54)23-52(22-28)34-15-33(49-50-38(34)45)32-6-4-5-7-36(32)56/h4-7,15,20-21,25-26,28-31,35,37,55-56H,8-14,16-19,22-24H2,1-3H3,(H2,45,50)(H,48,57)(H,59,60)/t26?,28?,29?,30?,31-,35+,37-,44?/m1/s1. The second-order valence-electron chi connectivity index (χ2n) is 19.6. The molecule has 60 heavy (non-hydrogen) atoms. The fourth-order valence-corrected chi connectivity index (χ4v) is 11.2. The highest BCUT2D eigenvalue weighted by Gasteiger charge is 2.57. The molecule has 2 bridgehead atoms. The van der Waals surface area contributed by atoms with Gasteiger partial charge in [-0.15, -0.1) is 10.2 Å². The summed E-state index contributed by atoms with van der Waals surface area (Å²) in [6.07, 6.45) is 11.2.